The largest absolute Gasteiger partial charge is 0.399 e. The molecule has 3 heteroatoms. The minimum absolute atomic E-state index is 0.0597. The van der Waals surface area contributed by atoms with E-state index < -0.39 is 0 Å². The minimum atomic E-state index is 0.0597. The molecule has 3 aliphatic rings. The molecule has 2 heterocycles. The average molecular weight is 398 g/mol. The van der Waals surface area contributed by atoms with Crippen LogP contribution in [0, 0.1) is 5.92 Å². The zero-order chi connectivity index (χ0) is 20.6. The van der Waals surface area contributed by atoms with E-state index in [9.17, 15) is 0 Å². The van der Waals surface area contributed by atoms with Gasteiger partial charge in [0.05, 0.1) is 5.54 Å². The smallest absolute Gasteiger partial charge is 0.0535 e. The third kappa shape index (κ3) is 3.37. The number of fused-ring (bicyclic) bond motifs is 4. The van der Waals surface area contributed by atoms with Crippen molar-refractivity contribution in [3.8, 4) is 0 Å². The number of hydrogen-bond donors (Lipinski definition) is 2. The number of nitrogen functional groups attached to an aromatic ring is 1. The molecule has 6 rings (SSSR count). The number of hydrogen-bond acceptors (Lipinski definition) is 3. The summed E-state index contributed by atoms with van der Waals surface area (Å²) in [4.78, 5) is 2.52. The maximum atomic E-state index is 5.97. The molecule has 0 radical (unpaired) electrons. The second kappa shape index (κ2) is 7.81. The van der Waals surface area contributed by atoms with Crippen LogP contribution in [0.25, 0.3) is 0 Å². The van der Waals surface area contributed by atoms with Crippen LogP contribution in [-0.4, -0.2) is 25.7 Å². The van der Waals surface area contributed by atoms with Crippen molar-refractivity contribution in [2.24, 2.45) is 5.92 Å². The Morgan fingerprint density at radius 1 is 0.800 bits per heavy atom. The molecule has 1 aliphatic carbocycles. The van der Waals surface area contributed by atoms with Crippen LogP contribution in [0.1, 0.15) is 35.8 Å². The summed E-state index contributed by atoms with van der Waals surface area (Å²) in [5, 5.41) is 3.85. The lowest BCUT2D eigenvalue weighted by atomic mass is 9.61. The molecule has 2 atom stereocenters. The van der Waals surface area contributed by atoms with Gasteiger partial charge in [-0.25, -0.2) is 0 Å². The highest BCUT2D eigenvalue weighted by atomic mass is 15.2. The first-order valence-corrected chi connectivity index (χ1v) is 11.1. The number of nitrogens with two attached hydrogens (primary N) is 1. The monoisotopic (exact) mass is 397 g/mol. The van der Waals surface area contributed by atoms with E-state index >= 15 is 0 Å². The molecule has 154 valence electrons. The second-order valence-electron chi connectivity index (χ2n) is 9.11. The molecule has 2 unspecified atom stereocenters. The SMILES string of the molecule is CN(c1ccc(N)cc1)C12CNCC(C(c3ccccc3)C1)C(c1ccccc1)C2. The highest BCUT2D eigenvalue weighted by Crippen LogP contribution is 2.53. The summed E-state index contributed by atoms with van der Waals surface area (Å²) in [6.07, 6.45) is 2.33. The van der Waals surface area contributed by atoms with E-state index in [2.05, 4.69) is 90.1 Å². The lowest BCUT2D eigenvalue weighted by molar-refractivity contribution is 0.204. The van der Waals surface area contributed by atoms with Crippen molar-refractivity contribution in [3.05, 3.63) is 96.1 Å². The van der Waals surface area contributed by atoms with E-state index in [1.807, 2.05) is 12.1 Å². The summed E-state index contributed by atoms with van der Waals surface area (Å²) < 4.78 is 0. The lowest BCUT2D eigenvalue weighted by Gasteiger charge is -2.51. The molecule has 0 amide bonds. The molecule has 2 aliphatic heterocycles. The molecule has 30 heavy (non-hydrogen) atoms. The fourth-order valence-electron chi connectivity index (χ4n) is 5.88. The van der Waals surface area contributed by atoms with Crippen molar-refractivity contribution in [2.45, 2.75) is 30.2 Å². The van der Waals surface area contributed by atoms with Gasteiger partial charge >= 0.3 is 0 Å². The summed E-state index contributed by atoms with van der Waals surface area (Å²) in [7, 11) is 2.27. The van der Waals surface area contributed by atoms with E-state index in [4.69, 9.17) is 5.73 Å². The zero-order valence-corrected chi connectivity index (χ0v) is 17.7. The molecular weight excluding hydrogens is 366 g/mol. The molecule has 3 nitrogen and oxygen atoms in total. The molecular formula is C27H31N3. The van der Waals surface area contributed by atoms with Crippen LogP contribution < -0.4 is 16.0 Å². The standard InChI is InChI=1S/C27H31N3/c1-30(23-14-12-22(28)13-15-23)27-16-24(20-8-4-2-5-9-20)26(18-29-19-27)25(17-27)21-10-6-3-7-11-21/h2-15,24-26,29H,16-19,28H2,1H3. The summed E-state index contributed by atoms with van der Waals surface area (Å²) in [6.45, 7) is 2.08. The number of likely N-dealkylation sites (N-methyl/N-ethyl adjacent to an activating group) is 1. The Hall–Kier alpha value is -2.78. The first-order chi connectivity index (χ1) is 14.7. The number of benzene rings is 3. The normalized spacial score (nSPS) is 28.1. The maximum absolute atomic E-state index is 5.97. The predicted molar refractivity (Wildman–Crippen MR) is 126 cm³/mol. The van der Waals surface area contributed by atoms with Crippen molar-refractivity contribution in [2.75, 3.05) is 30.8 Å². The van der Waals surface area contributed by atoms with Gasteiger partial charge in [-0.15, -0.1) is 0 Å². The van der Waals surface area contributed by atoms with E-state index in [0.29, 0.717) is 17.8 Å². The maximum Gasteiger partial charge on any atom is 0.0535 e. The van der Waals surface area contributed by atoms with Crippen LogP contribution in [-0.2, 0) is 0 Å². The van der Waals surface area contributed by atoms with Crippen molar-refractivity contribution in [3.63, 3.8) is 0 Å². The van der Waals surface area contributed by atoms with Crippen LogP contribution >= 0.6 is 0 Å². The summed E-state index contributed by atoms with van der Waals surface area (Å²) in [5.74, 6) is 1.68. The molecule has 3 aromatic rings. The Morgan fingerprint density at radius 3 is 1.87 bits per heavy atom. The third-order valence-corrected chi connectivity index (χ3v) is 7.51. The Bertz CT molecular complexity index is 919. The number of rotatable bonds is 4. The van der Waals surface area contributed by atoms with Crippen molar-refractivity contribution in [1.82, 2.24) is 5.32 Å². The predicted octanol–water partition coefficient (Wildman–Crippen LogP) is 5.02. The van der Waals surface area contributed by atoms with E-state index in [1.165, 1.54) is 29.7 Å². The lowest BCUT2D eigenvalue weighted by Crippen LogP contribution is -2.55. The Labute approximate surface area is 179 Å². The molecule has 2 bridgehead atoms. The van der Waals surface area contributed by atoms with E-state index in [0.717, 1.165) is 18.8 Å². The van der Waals surface area contributed by atoms with Gasteiger partial charge in [-0.2, -0.15) is 0 Å². The number of anilines is 2. The number of nitrogens with one attached hydrogen (secondary N) is 1. The molecule has 0 aromatic heterocycles. The van der Waals surface area contributed by atoms with Gasteiger partial charge in [0.2, 0.25) is 0 Å². The van der Waals surface area contributed by atoms with Gasteiger partial charge in [0.1, 0.15) is 0 Å². The van der Waals surface area contributed by atoms with Crippen LogP contribution in [0.4, 0.5) is 11.4 Å². The fourth-order valence-corrected chi connectivity index (χ4v) is 5.88. The van der Waals surface area contributed by atoms with Crippen molar-refractivity contribution < 1.29 is 0 Å². The van der Waals surface area contributed by atoms with Crippen LogP contribution in [0.3, 0.4) is 0 Å². The molecule has 2 saturated heterocycles. The van der Waals surface area contributed by atoms with Crippen LogP contribution in [0.15, 0.2) is 84.9 Å². The highest BCUT2D eigenvalue weighted by molar-refractivity contribution is 5.55. The first kappa shape index (κ1) is 19.2. The quantitative estimate of drug-likeness (QED) is 0.607. The Kier molecular flexibility index (Phi) is 5.00. The number of nitrogens with zero attached hydrogens (tertiary/aromatic N) is 1. The van der Waals surface area contributed by atoms with Crippen LogP contribution in [0.2, 0.25) is 0 Å². The zero-order valence-electron chi connectivity index (χ0n) is 17.7. The van der Waals surface area contributed by atoms with Gasteiger partial charge in [0.25, 0.3) is 0 Å². The van der Waals surface area contributed by atoms with Gasteiger partial charge in [-0.3, -0.25) is 0 Å². The summed E-state index contributed by atoms with van der Waals surface area (Å²) >= 11 is 0. The Morgan fingerprint density at radius 2 is 1.33 bits per heavy atom. The summed E-state index contributed by atoms with van der Waals surface area (Å²) in [6, 6.07) is 30.7. The fraction of sp³-hybridized carbons (Fsp3) is 0.333. The second-order valence-corrected chi connectivity index (χ2v) is 9.11. The molecule has 1 saturated carbocycles. The molecule has 3 aromatic carbocycles. The third-order valence-electron chi connectivity index (χ3n) is 7.51. The topological polar surface area (TPSA) is 41.3 Å². The van der Waals surface area contributed by atoms with Gasteiger partial charge in [-0.1, -0.05) is 60.7 Å². The summed E-state index contributed by atoms with van der Waals surface area (Å²) in [5.41, 5.74) is 11.0. The highest BCUT2D eigenvalue weighted by Gasteiger charge is 2.51. The van der Waals surface area contributed by atoms with Crippen molar-refractivity contribution in [1.29, 1.82) is 0 Å². The van der Waals surface area contributed by atoms with Gasteiger partial charge < -0.3 is 16.0 Å². The van der Waals surface area contributed by atoms with E-state index in [1.54, 1.807) is 0 Å². The first-order valence-electron chi connectivity index (χ1n) is 11.1. The average Bonchev–Trinajstić information content (AvgIpc) is 3.12. The van der Waals surface area contributed by atoms with E-state index in [-0.39, 0.29) is 5.54 Å². The molecule has 3 N–H and O–H groups in total. The van der Waals surface area contributed by atoms with Gasteiger partial charge in [0, 0.05) is 25.0 Å². The molecule has 0 spiro atoms. The Balaban J connectivity index is 1.59. The molecule has 3 fully saturated rings. The minimum Gasteiger partial charge on any atom is -0.399 e. The van der Waals surface area contributed by atoms with Gasteiger partial charge in [-0.05, 0) is 72.5 Å². The van der Waals surface area contributed by atoms with Gasteiger partial charge in [0.15, 0.2) is 0 Å². The van der Waals surface area contributed by atoms with Crippen molar-refractivity contribution >= 4 is 11.4 Å². The van der Waals surface area contributed by atoms with Crippen LogP contribution in [0.5, 0.6) is 0 Å².